The molecular formula is C19H23N3O2. The van der Waals surface area contributed by atoms with Gasteiger partial charge in [-0.25, -0.2) is 0 Å². The molecule has 0 fully saturated rings. The van der Waals surface area contributed by atoms with Gasteiger partial charge in [-0.3, -0.25) is 9.59 Å². The van der Waals surface area contributed by atoms with Crippen LogP contribution in [0.3, 0.4) is 0 Å². The van der Waals surface area contributed by atoms with E-state index in [9.17, 15) is 9.59 Å². The van der Waals surface area contributed by atoms with E-state index >= 15 is 0 Å². The van der Waals surface area contributed by atoms with E-state index in [1.807, 2.05) is 31.2 Å². The molecule has 2 amide bonds. The van der Waals surface area contributed by atoms with E-state index in [0.717, 1.165) is 12.0 Å². The van der Waals surface area contributed by atoms with Gasteiger partial charge >= 0.3 is 0 Å². The number of carbonyl (C=O) groups is 2. The number of rotatable bonds is 7. The quantitative estimate of drug-likeness (QED) is 0.684. The van der Waals surface area contributed by atoms with Crippen molar-refractivity contribution in [3.8, 4) is 0 Å². The molecule has 24 heavy (non-hydrogen) atoms. The number of nitrogen functional groups attached to an aromatic ring is 1. The van der Waals surface area contributed by atoms with Gasteiger partial charge < -0.3 is 16.4 Å². The molecule has 0 saturated carbocycles. The van der Waals surface area contributed by atoms with Crippen molar-refractivity contribution in [2.24, 2.45) is 0 Å². The molecule has 0 spiro atoms. The van der Waals surface area contributed by atoms with E-state index in [1.165, 1.54) is 0 Å². The first kappa shape index (κ1) is 17.5. The van der Waals surface area contributed by atoms with Gasteiger partial charge in [0, 0.05) is 29.9 Å². The van der Waals surface area contributed by atoms with Gasteiger partial charge in [-0.2, -0.15) is 0 Å². The molecule has 0 bridgehead atoms. The van der Waals surface area contributed by atoms with Gasteiger partial charge in [-0.05, 0) is 54.8 Å². The van der Waals surface area contributed by atoms with Crippen LogP contribution in [0.25, 0.3) is 0 Å². The second kappa shape index (κ2) is 8.72. The highest BCUT2D eigenvalue weighted by Crippen LogP contribution is 2.12. The molecule has 2 rings (SSSR count). The Balaban J connectivity index is 1.83. The van der Waals surface area contributed by atoms with Crippen LogP contribution in [0.2, 0.25) is 0 Å². The van der Waals surface area contributed by atoms with Crippen molar-refractivity contribution in [1.82, 2.24) is 5.32 Å². The molecule has 5 nitrogen and oxygen atoms in total. The zero-order valence-electron chi connectivity index (χ0n) is 13.8. The summed E-state index contributed by atoms with van der Waals surface area (Å²) in [5.74, 6) is -0.159. The number of nitrogens with one attached hydrogen (secondary N) is 2. The predicted octanol–water partition coefficient (Wildman–Crippen LogP) is 2.98. The van der Waals surface area contributed by atoms with Crippen molar-refractivity contribution >= 4 is 23.2 Å². The number of hydrogen-bond donors (Lipinski definition) is 3. The first-order chi connectivity index (χ1) is 11.6. The lowest BCUT2D eigenvalue weighted by atomic mass is 10.1. The number of aryl methyl sites for hydroxylation is 1. The van der Waals surface area contributed by atoms with E-state index in [-0.39, 0.29) is 11.8 Å². The molecule has 2 aromatic rings. The molecule has 0 unspecified atom stereocenters. The van der Waals surface area contributed by atoms with Gasteiger partial charge in [0.05, 0.1) is 0 Å². The van der Waals surface area contributed by atoms with Crippen LogP contribution in [-0.2, 0) is 11.2 Å². The molecule has 2 aromatic carbocycles. The van der Waals surface area contributed by atoms with E-state index in [4.69, 9.17) is 5.73 Å². The maximum Gasteiger partial charge on any atom is 0.251 e. The monoisotopic (exact) mass is 325 g/mol. The van der Waals surface area contributed by atoms with Crippen LogP contribution < -0.4 is 16.4 Å². The van der Waals surface area contributed by atoms with Crippen molar-refractivity contribution < 1.29 is 9.59 Å². The highest BCUT2D eigenvalue weighted by molar-refractivity contribution is 5.95. The Morgan fingerprint density at radius 2 is 1.67 bits per heavy atom. The first-order valence-electron chi connectivity index (χ1n) is 8.11. The van der Waals surface area contributed by atoms with Crippen molar-refractivity contribution in [2.45, 2.75) is 26.2 Å². The molecule has 0 atom stereocenters. The first-order valence-corrected chi connectivity index (χ1v) is 8.11. The minimum atomic E-state index is -0.0990. The summed E-state index contributed by atoms with van der Waals surface area (Å²) in [6.45, 7) is 2.66. The molecule has 0 saturated heterocycles. The third-order valence-electron chi connectivity index (χ3n) is 3.59. The number of nitrogens with two attached hydrogens (primary N) is 1. The van der Waals surface area contributed by atoms with Crippen molar-refractivity contribution in [1.29, 1.82) is 0 Å². The van der Waals surface area contributed by atoms with Crippen LogP contribution in [0.5, 0.6) is 0 Å². The molecule has 4 N–H and O–H groups in total. The Labute approximate surface area is 142 Å². The summed E-state index contributed by atoms with van der Waals surface area (Å²) in [6.07, 6.45) is 1.94. The van der Waals surface area contributed by atoms with Gasteiger partial charge in [0.15, 0.2) is 0 Å². The van der Waals surface area contributed by atoms with Crippen LogP contribution >= 0.6 is 0 Å². The fourth-order valence-corrected chi connectivity index (χ4v) is 2.21. The highest BCUT2D eigenvalue weighted by Gasteiger charge is 2.06. The van der Waals surface area contributed by atoms with Crippen molar-refractivity contribution in [2.75, 3.05) is 17.6 Å². The SMILES string of the molecule is CCCNC(=O)c1ccc(NC(=O)CCc2ccc(N)cc2)cc1. The smallest absolute Gasteiger partial charge is 0.251 e. The minimum Gasteiger partial charge on any atom is -0.399 e. The predicted molar refractivity (Wildman–Crippen MR) is 96.9 cm³/mol. The summed E-state index contributed by atoms with van der Waals surface area (Å²) in [7, 11) is 0. The molecule has 0 aromatic heterocycles. The van der Waals surface area contributed by atoms with Gasteiger partial charge in [-0.1, -0.05) is 19.1 Å². The molecule has 5 heteroatoms. The normalized spacial score (nSPS) is 10.2. The van der Waals surface area contributed by atoms with Crippen LogP contribution in [0, 0.1) is 0 Å². The Hall–Kier alpha value is -2.82. The van der Waals surface area contributed by atoms with E-state index in [1.54, 1.807) is 24.3 Å². The number of amides is 2. The fraction of sp³-hybridized carbons (Fsp3) is 0.263. The third-order valence-corrected chi connectivity index (χ3v) is 3.59. The van der Waals surface area contributed by atoms with Crippen LogP contribution in [0.4, 0.5) is 11.4 Å². The van der Waals surface area contributed by atoms with E-state index in [2.05, 4.69) is 10.6 Å². The van der Waals surface area contributed by atoms with Gasteiger partial charge in [-0.15, -0.1) is 0 Å². The zero-order chi connectivity index (χ0) is 17.4. The summed E-state index contributed by atoms with van der Waals surface area (Å²) in [4.78, 5) is 23.8. The van der Waals surface area contributed by atoms with E-state index in [0.29, 0.717) is 36.3 Å². The number of hydrogen-bond acceptors (Lipinski definition) is 3. The van der Waals surface area contributed by atoms with Crippen LogP contribution in [-0.4, -0.2) is 18.4 Å². The second-order valence-corrected chi connectivity index (χ2v) is 5.62. The lowest BCUT2D eigenvalue weighted by Crippen LogP contribution is -2.23. The van der Waals surface area contributed by atoms with Crippen molar-refractivity contribution in [3.05, 3.63) is 59.7 Å². The third kappa shape index (κ3) is 5.43. The standard InChI is InChI=1S/C19H23N3O2/c1-2-13-21-19(24)15-6-10-17(11-7-15)22-18(23)12-5-14-3-8-16(20)9-4-14/h3-4,6-11H,2,5,12-13,20H2,1H3,(H,21,24)(H,22,23). The van der Waals surface area contributed by atoms with Crippen LogP contribution in [0.15, 0.2) is 48.5 Å². The number of benzene rings is 2. The van der Waals surface area contributed by atoms with Crippen molar-refractivity contribution in [3.63, 3.8) is 0 Å². The Morgan fingerprint density at radius 3 is 2.29 bits per heavy atom. The zero-order valence-corrected chi connectivity index (χ0v) is 13.8. The maximum atomic E-state index is 12.0. The summed E-state index contributed by atoms with van der Waals surface area (Å²) >= 11 is 0. The molecule has 0 aliphatic carbocycles. The number of anilines is 2. The van der Waals surface area contributed by atoms with Gasteiger partial charge in [0.25, 0.3) is 5.91 Å². The Kier molecular flexibility index (Phi) is 6.37. The molecule has 0 aliphatic heterocycles. The van der Waals surface area contributed by atoms with Crippen LogP contribution in [0.1, 0.15) is 35.7 Å². The molecule has 0 aliphatic rings. The fourth-order valence-electron chi connectivity index (χ4n) is 2.21. The Bertz CT molecular complexity index is 679. The summed E-state index contributed by atoms with van der Waals surface area (Å²) in [5, 5.41) is 5.65. The minimum absolute atomic E-state index is 0.0602. The number of carbonyl (C=O) groups excluding carboxylic acids is 2. The van der Waals surface area contributed by atoms with E-state index < -0.39 is 0 Å². The maximum absolute atomic E-state index is 12.0. The summed E-state index contributed by atoms with van der Waals surface area (Å²) in [5.41, 5.74) is 8.69. The second-order valence-electron chi connectivity index (χ2n) is 5.62. The molecule has 126 valence electrons. The molecule has 0 radical (unpaired) electrons. The lowest BCUT2D eigenvalue weighted by Gasteiger charge is -2.07. The lowest BCUT2D eigenvalue weighted by molar-refractivity contribution is -0.116. The van der Waals surface area contributed by atoms with Gasteiger partial charge in [0.1, 0.15) is 0 Å². The summed E-state index contributed by atoms with van der Waals surface area (Å²) < 4.78 is 0. The van der Waals surface area contributed by atoms with Gasteiger partial charge in [0.2, 0.25) is 5.91 Å². The largest absolute Gasteiger partial charge is 0.399 e. The average Bonchev–Trinajstić information content (AvgIpc) is 2.60. The summed E-state index contributed by atoms with van der Waals surface area (Å²) in [6, 6.07) is 14.4. The topological polar surface area (TPSA) is 84.2 Å². The molecular weight excluding hydrogens is 302 g/mol. The molecule has 0 heterocycles. The highest BCUT2D eigenvalue weighted by atomic mass is 16.2. The Morgan fingerprint density at radius 1 is 1.00 bits per heavy atom. The average molecular weight is 325 g/mol.